The maximum Gasteiger partial charge on any atom is 0.0595 e. The minimum atomic E-state index is 0. The lowest BCUT2D eigenvalue weighted by Gasteiger charge is -2.16. The zero-order chi connectivity index (χ0) is 11.4. The third kappa shape index (κ3) is 7.35. The van der Waals surface area contributed by atoms with Gasteiger partial charge >= 0.3 is 0 Å². The summed E-state index contributed by atoms with van der Waals surface area (Å²) in [5, 5.41) is 1.17. The van der Waals surface area contributed by atoms with E-state index in [0.29, 0.717) is 10.0 Å². The zero-order valence-corrected chi connectivity index (χ0v) is 13.0. The van der Waals surface area contributed by atoms with Crippen LogP contribution in [0.3, 0.4) is 0 Å². The van der Waals surface area contributed by atoms with Crippen LogP contribution in [0.4, 0.5) is 0 Å². The molecular weight excluding hydrogens is 302 g/mol. The van der Waals surface area contributed by atoms with Gasteiger partial charge in [0.1, 0.15) is 0 Å². The number of halogens is 4. The van der Waals surface area contributed by atoms with Crippen molar-refractivity contribution in [2.24, 2.45) is 5.73 Å². The second kappa shape index (κ2) is 9.26. The maximum atomic E-state index is 5.98. The molecule has 0 amide bonds. The molecular formula is C11H18Cl4N2. The summed E-state index contributed by atoms with van der Waals surface area (Å²) in [6, 6.07) is 5.77. The fourth-order valence-corrected chi connectivity index (χ4v) is 1.82. The Bertz CT molecular complexity index is 331. The highest BCUT2D eigenvalue weighted by Crippen LogP contribution is 2.22. The standard InChI is InChI=1S/C11H16Cl2N2.2ClH/c1-15(2)7-9(14)5-8-3-4-10(12)11(13)6-8;;/h3-4,6,9H,5,7,14H2,1-2H3;2*1H/t9-;;/m1../s1. The van der Waals surface area contributed by atoms with Crippen molar-refractivity contribution in [3.8, 4) is 0 Å². The summed E-state index contributed by atoms with van der Waals surface area (Å²) < 4.78 is 0. The topological polar surface area (TPSA) is 29.3 Å². The fourth-order valence-electron chi connectivity index (χ4n) is 1.50. The highest BCUT2D eigenvalue weighted by Gasteiger charge is 2.06. The third-order valence-corrected chi connectivity index (χ3v) is 2.82. The molecule has 0 heterocycles. The quantitative estimate of drug-likeness (QED) is 0.923. The van der Waals surface area contributed by atoms with E-state index in [-0.39, 0.29) is 30.9 Å². The largest absolute Gasteiger partial charge is 0.326 e. The Balaban J connectivity index is 0. The van der Waals surface area contributed by atoms with Gasteiger partial charge in [0.05, 0.1) is 10.0 Å². The second-order valence-corrected chi connectivity index (χ2v) is 4.79. The van der Waals surface area contributed by atoms with E-state index in [1.807, 2.05) is 32.3 Å². The average molecular weight is 320 g/mol. The van der Waals surface area contributed by atoms with Crippen molar-refractivity contribution in [3.63, 3.8) is 0 Å². The Kier molecular flexibility index (Phi) is 10.7. The lowest BCUT2D eigenvalue weighted by molar-refractivity contribution is 0.371. The first-order chi connectivity index (χ1) is 6.99. The first kappa shape index (κ1) is 19.6. The fraction of sp³-hybridized carbons (Fsp3) is 0.455. The molecule has 0 spiro atoms. The van der Waals surface area contributed by atoms with Crippen molar-refractivity contribution < 1.29 is 0 Å². The summed E-state index contributed by atoms with van der Waals surface area (Å²) in [6.45, 7) is 0.861. The Morgan fingerprint density at radius 1 is 1.18 bits per heavy atom. The maximum absolute atomic E-state index is 5.98. The highest BCUT2D eigenvalue weighted by molar-refractivity contribution is 6.42. The Morgan fingerprint density at radius 2 is 1.76 bits per heavy atom. The second-order valence-electron chi connectivity index (χ2n) is 3.97. The number of nitrogens with two attached hydrogens (primary N) is 1. The van der Waals surface area contributed by atoms with Gasteiger partial charge in [0.25, 0.3) is 0 Å². The number of hydrogen-bond donors (Lipinski definition) is 1. The number of rotatable bonds is 4. The van der Waals surface area contributed by atoms with Crippen LogP contribution in [0.2, 0.25) is 10.0 Å². The van der Waals surface area contributed by atoms with E-state index < -0.39 is 0 Å². The Hall–Kier alpha value is 0.300. The van der Waals surface area contributed by atoms with Crippen molar-refractivity contribution >= 4 is 48.0 Å². The van der Waals surface area contributed by atoms with Crippen LogP contribution in [-0.2, 0) is 6.42 Å². The molecule has 2 N–H and O–H groups in total. The molecule has 1 aromatic rings. The summed E-state index contributed by atoms with van der Waals surface area (Å²) >= 11 is 11.7. The summed E-state index contributed by atoms with van der Waals surface area (Å²) in [5.41, 5.74) is 7.10. The molecule has 6 heteroatoms. The molecule has 0 radical (unpaired) electrons. The van der Waals surface area contributed by atoms with Crippen LogP contribution >= 0.6 is 48.0 Å². The molecule has 0 aliphatic heterocycles. The molecule has 1 atom stereocenters. The minimum Gasteiger partial charge on any atom is -0.326 e. The van der Waals surface area contributed by atoms with Gasteiger partial charge in [-0.15, -0.1) is 24.8 Å². The van der Waals surface area contributed by atoms with Gasteiger partial charge in [0.2, 0.25) is 0 Å². The molecule has 17 heavy (non-hydrogen) atoms. The molecule has 0 aliphatic rings. The highest BCUT2D eigenvalue weighted by atomic mass is 35.5. The van der Waals surface area contributed by atoms with Gasteiger partial charge in [0.15, 0.2) is 0 Å². The Labute approximate surface area is 125 Å². The average Bonchev–Trinajstić information content (AvgIpc) is 2.10. The summed E-state index contributed by atoms with van der Waals surface area (Å²) in [6.07, 6.45) is 0.815. The van der Waals surface area contributed by atoms with Gasteiger partial charge in [0, 0.05) is 12.6 Å². The number of nitrogens with zero attached hydrogens (tertiary/aromatic N) is 1. The van der Waals surface area contributed by atoms with Crippen LogP contribution in [0, 0.1) is 0 Å². The number of likely N-dealkylation sites (N-methyl/N-ethyl adjacent to an activating group) is 1. The molecule has 0 aliphatic carbocycles. The normalized spacial score (nSPS) is 11.6. The SMILES string of the molecule is CN(C)C[C@H](N)Cc1ccc(Cl)c(Cl)c1.Cl.Cl. The predicted molar refractivity (Wildman–Crippen MR) is 81.2 cm³/mol. The van der Waals surface area contributed by atoms with Crippen molar-refractivity contribution in [3.05, 3.63) is 33.8 Å². The molecule has 0 saturated heterocycles. The summed E-state index contributed by atoms with van der Waals surface area (Å²) in [7, 11) is 4.02. The zero-order valence-electron chi connectivity index (χ0n) is 9.82. The van der Waals surface area contributed by atoms with Gasteiger partial charge in [-0.2, -0.15) is 0 Å². The summed E-state index contributed by atoms with van der Waals surface area (Å²) in [4.78, 5) is 2.07. The van der Waals surface area contributed by atoms with Gasteiger partial charge in [-0.05, 0) is 38.2 Å². The molecule has 100 valence electrons. The van der Waals surface area contributed by atoms with Crippen LogP contribution in [0.5, 0.6) is 0 Å². The summed E-state index contributed by atoms with van der Waals surface area (Å²) in [5.74, 6) is 0. The van der Waals surface area contributed by atoms with E-state index in [9.17, 15) is 0 Å². The molecule has 1 aromatic carbocycles. The van der Waals surface area contributed by atoms with Crippen molar-refractivity contribution in [2.45, 2.75) is 12.5 Å². The molecule has 1 rings (SSSR count). The lowest BCUT2D eigenvalue weighted by atomic mass is 10.1. The van der Waals surface area contributed by atoms with Crippen LogP contribution < -0.4 is 5.73 Å². The number of hydrogen-bond acceptors (Lipinski definition) is 2. The monoisotopic (exact) mass is 318 g/mol. The van der Waals surface area contributed by atoms with Crippen LogP contribution in [0.25, 0.3) is 0 Å². The predicted octanol–water partition coefficient (Wildman–Crippen LogP) is 3.27. The molecule has 2 nitrogen and oxygen atoms in total. The third-order valence-electron chi connectivity index (χ3n) is 2.08. The van der Waals surface area contributed by atoms with Gasteiger partial charge in [-0.25, -0.2) is 0 Å². The molecule has 0 unspecified atom stereocenters. The van der Waals surface area contributed by atoms with Crippen molar-refractivity contribution in [1.29, 1.82) is 0 Å². The molecule has 0 bridgehead atoms. The molecule has 0 aromatic heterocycles. The smallest absolute Gasteiger partial charge is 0.0595 e. The van der Waals surface area contributed by atoms with Crippen LogP contribution in [0.15, 0.2) is 18.2 Å². The number of benzene rings is 1. The van der Waals surface area contributed by atoms with Crippen LogP contribution in [-0.4, -0.2) is 31.6 Å². The minimum absolute atomic E-state index is 0. The van der Waals surface area contributed by atoms with Crippen molar-refractivity contribution in [1.82, 2.24) is 4.90 Å². The van der Waals surface area contributed by atoms with E-state index >= 15 is 0 Å². The lowest BCUT2D eigenvalue weighted by Crippen LogP contribution is -2.34. The van der Waals surface area contributed by atoms with E-state index in [2.05, 4.69) is 4.90 Å². The van der Waals surface area contributed by atoms with E-state index in [4.69, 9.17) is 28.9 Å². The van der Waals surface area contributed by atoms with Gasteiger partial charge < -0.3 is 10.6 Å². The first-order valence-corrected chi connectivity index (χ1v) is 5.59. The van der Waals surface area contributed by atoms with Gasteiger partial charge in [-0.1, -0.05) is 29.3 Å². The van der Waals surface area contributed by atoms with Crippen LogP contribution in [0.1, 0.15) is 5.56 Å². The first-order valence-electron chi connectivity index (χ1n) is 4.83. The van der Waals surface area contributed by atoms with E-state index in [1.54, 1.807) is 0 Å². The van der Waals surface area contributed by atoms with Gasteiger partial charge in [-0.3, -0.25) is 0 Å². The van der Waals surface area contributed by atoms with E-state index in [0.717, 1.165) is 18.5 Å². The molecule has 0 saturated carbocycles. The van der Waals surface area contributed by atoms with E-state index in [1.165, 1.54) is 0 Å². The van der Waals surface area contributed by atoms with Crippen molar-refractivity contribution in [2.75, 3.05) is 20.6 Å². The Morgan fingerprint density at radius 3 is 2.24 bits per heavy atom. The molecule has 0 fully saturated rings.